The van der Waals surface area contributed by atoms with Crippen LogP contribution in [-0.4, -0.2) is 25.6 Å². The fraction of sp³-hybridized carbons (Fsp3) is 0.0667. The van der Waals surface area contributed by atoms with Crippen LogP contribution in [0.4, 0.5) is 14.4 Å². The van der Waals surface area contributed by atoms with Crippen LogP contribution in [0.3, 0.4) is 0 Å². The molecule has 0 spiro atoms. The third-order valence-electron chi connectivity index (χ3n) is 2.94. The molecule has 0 radical (unpaired) electrons. The van der Waals surface area contributed by atoms with Gasteiger partial charge in [0.1, 0.15) is 11.5 Å². The van der Waals surface area contributed by atoms with Crippen LogP contribution in [0.2, 0.25) is 0 Å². The number of halogens is 1. The number of hydrogen-bond donors (Lipinski definition) is 2. The highest BCUT2D eigenvalue weighted by Gasteiger charge is 2.21. The van der Waals surface area contributed by atoms with E-state index >= 15 is 0 Å². The first-order valence-electron chi connectivity index (χ1n) is 6.57. The maximum Gasteiger partial charge on any atom is 0.411 e. The minimum absolute atomic E-state index is 0.0718. The van der Waals surface area contributed by atoms with Crippen molar-refractivity contribution in [3.05, 3.63) is 59.7 Å². The second-order valence-corrected chi connectivity index (χ2v) is 5.96. The molecule has 0 saturated heterocycles. The molecule has 2 N–H and O–H groups in total. The molecule has 0 fully saturated rings. The lowest BCUT2D eigenvalue weighted by Gasteiger charge is -2.10. The number of anilines is 1. The molecule has 2 aromatic rings. The number of hydrogen-bond acceptors (Lipinski definition) is 5. The fourth-order valence-corrected chi connectivity index (χ4v) is 2.48. The Hall–Kier alpha value is -2.94. The molecule has 0 atom stereocenters. The van der Waals surface area contributed by atoms with Gasteiger partial charge in [-0.2, -0.15) is 8.42 Å². The maximum atomic E-state index is 13.3. The third kappa shape index (κ3) is 4.53. The molecule has 9 heteroatoms. The lowest BCUT2D eigenvalue weighted by Crippen LogP contribution is -2.16. The first kappa shape index (κ1) is 17.4. The van der Waals surface area contributed by atoms with Gasteiger partial charge >= 0.3 is 22.3 Å². The zero-order chi connectivity index (χ0) is 17.7. The van der Waals surface area contributed by atoms with Gasteiger partial charge in [0.25, 0.3) is 0 Å². The summed E-state index contributed by atoms with van der Waals surface area (Å²) < 4.78 is 40.5. The molecule has 0 aliphatic carbocycles. The van der Waals surface area contributed by atoms with E-state index in [1.54, 1.807) is 30.3 Å². The molecule has 0 aliphatic rings. The van der Waals surface area contributed by atoms with E-state index in [4.69, 9.17) is 9.84 Å². The number of carboxylic acids is 1. The van der Waals surface area contributed by atoms with Crippen LogP contribution in [-0.2, 0) is 21.6 Å². The van der Waals surface area contributed by atoms with Gasteiger partial charge in [0.2, 0.25) is 0 Å². The van der Waals surface area contributed by atoms with Gasteiger partial charge in [0.05, 0.1) is 11.3 Å². The molecule has 0 saturated carbocycles. The first-order valence-corrected chi connectivity index (χ1v) is 7.95. The molecule has 2 rings (SSSR count). The number of nitrogens with one attached hydrogen (secondary N) is 1. The predicted molar refractivity (Wildman–Crippen MR) is 81.9 cm³/mol. The average Bonchev–Trinajstić information content (AvgIpc) is 2.53. The Kier molecular flexibility index (Phi) is 5.14. The second-order valence-electron chi connectivity index (χ2n) is 4.64. The molecule has 1 amide bonds. The number of carboxylic acid groups (broad SMARTS) is 1. The summed E-state index contributed by atoms with van der Waals surface area (Å²) in [7, 11) is -5.24. The first-order chi connectivity index (χ1) is 11.3. The third-order valence-corrected chi connectivity index (χ3v) is 3.80. The molecular formula is C15H12FNO6S. The number of ether oxygens (including phenoxy) is 1. The highest BCUT2D eigenvalue weighted by Crippen LogP contribution is 2.25. The number of carbonyl (C=O) groups excluding carboxylic acids is 1. The highest BCUT2D eigenvalue weighted by atomic mass is 32.3. The van der Waals surface area contributed by atoms with E-state index in [1.165, 1.54) is 0 Å². The summed E-state index contributed by atoms with van der Waals surface area (Å²) in [5.74, 6) is -1.43. The molecule has 126 valence electrons. The molecule has 0 unspecified atom stereocenters. The predicted octanol–water partition coefficient (Wildman–Crippen LogP) is 2.79. The summed E-state index contributed by atoms with van der Waals surface area (Å²) in [6, 6.07) is 11.3. The van der Waals surface area contributed by atoms with Crippen LogP contribution >= 0.6 is 0 Å². The van der Waals surface area contributed by atoms with Gasteiger partial charge in [-0.15, -0.1) is 3.89 Å². The van der Waals surface area contributed by atoms with Gasteiger partial charge in [-0.25, -0.2) is 9.59 Å². The molecule has 0 bridgehead atoms. The minimum Gasteiger partial charge on any atom is -0.478 e. The van der Waals surface area contributed by atoms with E-state index in [-0.39, 0.29) is 6.61 Å². The molecule has 7 nitrogen and oxygen atoms in total. The molecule has 0 heterocycles. The van der Waals surface area contributed by atoms with E-state index in [2.05, 4.69) is 5.32 Å². The Morgan fingerprint density at radius 3 is 2.38 bits per heavy atom. The number of aromatic carboxylic acids is 1. The summed E-state index contributed by atoms with van der Waals surface area (Å²) in [4.78, 5) is 21.6. The lowest BCUT2D eigenvalue weighted by atomic mass is 10.2. The summed E-state index contributed by atoms with van der Waals surface area (Å²) in [6.45, 7) is -0.0718. The van der Waals surface area contributed by atoms with Crippen LogP contribution in [0.5, 0.6) is 0 Å². The summed E-state index contributed by atoms with van der Waals surface area (Å²) in [5, 5.41) is 10.9. The van der Waals surface area contributed by atoms with Gasteiger partial charge in [-0.3, -0.25) is 5.32 Å². The van der Waals surface area contributed by atoms with Crippen LogP contribution in [0.25, 0.3) is 0 Å². The van der Waals surface area contributed by atoms with Crippen molar-refractivity contribution >= 4 is 28.0 Å². The van der Waals surface area contributed by atoms with Crippen molar-refractivity contribution in [2.75, 3.05) is 5.32 Å². The van der Waals surface area contributed by atoms with Gasteiger partial charge in [-0.05, 0) is 23.8 Å². The van der Waals surface area contributed by atoms with E-state index in [9.17, 15) is 21.9 Å². The van der Waals surface area contributed by atoms with Crippen molar-refractivity contribution in [3.8, 4) is 0 Å². The molecule has 0 aromatic heterocycles. The monoisotopic (exact) mass is 353 g/mol. The zero-order valence-electron chi connectivity index (χ0n) is 12.1. The zero-order valence-corrected chi connectivity index (χ0v) is 12.9. The van der Waals surface area contributed by atoms with Crippen molar-refractivity contribution in [1.29, 1.82) is 0 Å². The Morgan fingerprint density at radius 2 is 1.79 bits per heavy atom. The molecule has 24 heavy (non-hydrogen) atoms. The van der Waals surface area contributed by atoms with Crippen molar-refractivity contribution in [2.24, 2.45) is 0 Å². The van der Waals surface area contributed by atoms with Gasteiger partial charge in [0, 0.05) is 0 Å². The maximum absolute atomic E-state index is 13.3. The topological polar surface area (TPSA) is 110 Å². The number of carbonyl (C=O) groups is 2. The average molecular weight is 353 g/mol. The summed E-state index contributed by atoms with van der Waals surface area (Å²) >= 11 is 0. The Labute approximate surface area is 136 Å². The summed E-state index contributed by atoms with van der Waals surface area (Å²) in [5.41, 5.74) is -0.151. The largest absolute Gasteiger partial charge is 0.478 e. The number of rotatable bonds is 5. The molecule has 2 aromatic carbocycles. The van der Waals surface area contributed by atoms with Crippen molar-refractivity contribution in [2.45, 2.75) is 11.5 Å². The molecule has 0 aliphatic heterocycles. The van der Waals surface area contributed by atoms with Crippen LogP contribution in [0, 0.1) is 0 Å². The number of amides is 1. The Bertz CT molecular complexity index is 867. The standard InChI is InChI=1S/C15H12FNO6S/c16-24(21,22)13-8-11(14(18)19)6-7-12(13)17-15(20)23-9-10-4-2-1-3-5-10/h1-8H,9H2,(H,17,20)(H,18,19). The van der Waals surface area contributed by atoms with Crippen LogP contribution < -0.4 is 5.32 Å². The van der Waals surface area contributed by atoms with Gasteiger partial charge in [-0.1, -0.05) is 30.3 Å². The highest BCUT2D eigenvalue weighted by molar-refractivity contribution is 7.86. The second kappa shape index (κ2) is 7.09. The van der Waals surface area contributed by atoms with E-state index in [0.717, 1.165) is 12.1 Å². The number of benzene rings is 2. The Balaban J connectivity index is 2.16. The van der Waals surface area contributed by atoms with Crippen molar-refractivity contribution in [1.82, 2.24) is 0 Å². The lowest BCUT2D eigenvalue weighted by molar-refractivity contribution is 0.0696. The van der Waals surface area contributed by atoms with Gasteiger partial charge < -0.3 is 9.84 Å². The SMILES string of the molecule is O=C(Nc1ccc(C(=O)O)cc1S(=O)(=O)F)OCc1ccccc1. The van der Waals surface area contributed by atoms with Crippen LogP contribution in [0.1, 0.15) is 15.9 Å². The van der Waals surface area contributed by atoms with Crippen LogP contribution in [0.15, 0.2) is 53.4 Å². The van der Waals surface area contributed by atoms with Gasteiger partial charge in [0.15, 0.2) is 0 Å². The van der Waals surface area contributed by atoms with E-state index < -0.39 is 38.4 Å². The van der Waals surface area contributed by atoms with Crippen molar-refractivity contribution in [3.63, 3.8) is 0 Å². The summed E-state index contributed by atoms with van der Waals surface area (Å²) in [6.07, 6.45) is -1.01. The fourth-order valence-electron chi connectivity index (χ4n) is 1.83. The molecular weight excluding hydrogens is 341 g/mol. The normalized spacial score (nSPS) is 10.9. The van der Waals surface area contributed by atoms with E-state index in [1.807, 2.05) is 0 Å². The minimum atomic E-state index is -5.24. The Morgan fingerprint density at radius 1 is 1.12 bits per heavy atom. The van der Waals surface area contributed by atoms with Crippen molar-refractivity contribution < 1.29 is 31.7 Å². The van der Waals surface area contributed by atoms with E-state index in [0.29, 0.717) is 11.6 Å². The quantitative estimate of drug-likeness (QED) is 0.800. The smallest absolute Gasteiger partial charge is 0.411 e.